The van der Waals surface area contributed by atoms with Gasteiger partial charge in [0.25, 0.3) is 0 Å². The highest BCUT2D eigenvalue weighted by atomic mass is 127. The molecule has 0 radical (unpaired) electrons. The highest BCUT2D eigenvalue weighted by Gasteiger charge is 2.28. The second kappa shape index (κ2) is 4.53. The fourth-order valence-electron chi connectivity index (χ4n) is 1.80. The maximum absolute atomic E-state index is 13.4. The van der Waals surface area contributed by atoms with Crippen LogP contribution in [0.4, 0.5) is 10.1 Å². The molecule has 1 amide bonds. The van der Waals surface area contributed by atoms with Crippen LogP contribution in [0.2, 0.25) is 0 Å². The van der Waals surface area contributed by atoms with Crippen molar-refractivity contribution in [3.63, 3.8) is 0 Å². The average molecular weight is 331 g/mol. The number of carbonyl (C=O) groups excluding carboxylic acids is 1. The molecule has 1 fully saturated rings. The van der Waals surface area contributed by atoms with Gasteiger partial charge in [0.1, 0.15) is 5.82 Å². The fraction of sp³-hybridized carbons (Fsp3) is 0.250. The molecule has 84 valence electrons. The lowest BCUT2D eigenvalue weighted by atomic mass is 10.1. The van der Waals surface area contributed by atoms with Crippen LogP contribution in [-0.4, -0.2) is 12.5 Å². The van der Waals surface area contributed by atoms with Crippen molar-refractivity contribution in [2.75, 3.05) is 11.4 Å². The van der Waals surface area contributed by atoms with E-state index in [0.29, 0.717) is 22.2 Å². The van der Waals surface area contributed by atoms with Gasteiger partial charge in [0.2, 0.25) is 5.91 Å². The van der Waals surface area contributed by atoms with E-state index in [4.69, 9.17) is 0 Å². The Morgan fingerprint density at radius 3 is 2.88 bits per heavy atom. The smallest absolute Gasteiger partial charge is 0.227 e. The number of amides is 1. The van der Waals surface area contributed by atoms with Crippen molar-refractivity contribution in [3.05, 3.63) is 40.2 Å². The molecule has 1 aliphatic rings. The van der Waals surface area contributed by atoms with E-state index in [-0.39, 0.29) is 17.6 Å². The van der Waals surface area contributed by atoms with Gasteiger partial charge in [-0.3, -0.25) is 4.79 Å². The Bertz CT molecular complexity index is 447. The maximum atomic E-state index is 13.4. The predicted molar refractivity (Wildman–Crippen MR) is 69.8 cm³/mol. The van der Waals surface area contributed by atoms with Gasteiger partial charge < -0.3 is 4.90 Å². The van der Waals surface area contributed by atoms with Gasteiger partial charge in [-0.1, -0.05) is 6.08 Å². The molecule has 1 saturated heterocycles. The third-order valence-corrected chi connectivity index (χ3v) is 3.58. The largest absolute Gasteiger partial charge is 0.312 e. The number of hydrogen-bond donors (Lipinski definition) is 0. The van der Waals surface area contributed by atoms with E-state index in [9.17, 15) is 9.18 Å². The Morgan fingerprint density at radius 2 is 2.31 bits per heavy atom. The van der Waals surface area contributed by atoms with E-state index in [1.807, 2.05) is 22.6 Å². The highest BCUT2D eigenvalue weighted by molar-refractivity contribution is 14.1. The second-order valence-corrected chi connectivity index (χ2v) is 4.96. The van der Waals surface area contributed by atoms with Crippen molar-refractivity contribution in [2.24, 2.45) is 5.92 Å². The Kier molecular flexibility index (Phi) is 3.28. The van der Waals surface area contributed by atoms with Crippen LogP contribution in [0, 0.1) is 15.3 Å². The van der Waals surface area contributed by atoms with Crippen LogP contribution in [0.15, 0.2) is 30.9 Å². The zero-order valence-electron chi connectivity index (χ0n) is 8.62. The molecule has 1 atom stereocenters. The van der Waals surface area contributed by atoms with Crippen molar-refractivity contribution >= 4 is 34.2 Å². The van der Waals surface area contributed by atoms with E-state index in [1.165, 1.54) is 6.07 Å². The second-order valence-electron chi connectivity index (χ2n) is 3.80. The Labute approximate surface area is 107 Å². The lowest BCUT2D eigenvalue weighted by Gasteiger charge is -2.16. The Hall–Kier alpha value is -0.910. The zero-order valence-corrected chi connectivity index (χ0v) is 10.8. The van der Waals surface area contributed by atoms with Crippen LogP contribution < -0.4 is 4.90 Å². The molecule has 0 spiro atoms. The first-order chi connectivity index (χ1) is 7.61. The zero-order chi connectivity index (χ0) is 11.7. The monoisotopic (exact) mass is 331 g/mol. The molecule has 1 aromatic carbocycles. The molecular formula is C12H11FINO. The number of anilines is 1. The third kappa shape index (κ3) is 2.11. The van der Waals surface area contributed by atoms with Gasteiger partial charge in [-0.15, -0.1) is 6.58 Å². The van der Waals surface area contributed by atoms with E-state index in [0.717, 1.165) is 0 Å². The number of rotatable bonds is 2. The fourth-order valence-corrected chi connectivity index (χ4v) is 2.13. The summed E-state index contributed by atoms with van der Waals surface area (Å²) >= 11 is 1.93. The van der Waals surface area contributed by atoms with E-state index in [1.54, 1.807) is 23.1 Å². The van der Waals surface area contributed by atoms with Gasteiger partial charge in [-0.25, -0.2) is 4.39 Å². The Balaban J connectivity index is 2.27. The molecule has 2 rings (SSSR count). The summed E-state index contributed by atoms with van der Waals surface area (Å²) in [4.78, 5) is 13.3. The average Bonchev–Trinajstić information content (AvgIpc) is 2.64. The minimum atomic E-state index is -0.284. The summed E-state index contributed by atoms with van der Waals surface area (Å²) in [5.41, 5.74) is 0.632. The number of nitrogens with zero attached hydrogens (tertiary/aromatic N) is 1. The van der Waals surface area contributed by atoms with Crippen LogP contribution in [0.5, 0.6) is 0 Å². The molecule has 1 aromatic rings. The number of benzene rings is 1. The van der Waals surface area contributed by atoms with Crippen molar-refractivity contribution < 1.29 is 9.18 Å². The first kappa shape index (κ1) is 11.6. The topological polar surface area (TPSA) is 20.3 Å². The van der Waals surface area contributed by atoms with Gasteiger partial charge in [0.05, 0.1) is 0 Å². The van der Waals surface area contributed by atoms with Crippen molar-refractivity contribution in [1.29, 1.82) is 0 Å². The summed E-state index contributed by atoms with van der Waals surface area (Å²) in [7, 11) is 0. The summed E-state index contributed by atoms with van der Waals surface area (Å²) in [5, 5.41) is 0. The predicted octanol–water partition coefficient (Wildman–Crippen LogP) is 2.97. The quantitative estimate of drug-likeness (QED) is 0.603. The van der Waals surface area contributed by atoms with Gasteiger partial charge in [-0.2, -0.15) is 0 Å². The lowest BCUT2D eigenvalue weighted by Crippen LogP contribution is -2.24. The summed E-state index contributed by atoms with van der Waals surface area (Å²) in [6.07, 6.45) is 2.25. The third-order valence-electron chi connectivity index (χ3n) is 2.70. The minimum absolute atomic E-state index is 0.0329. The van der Waals surface area contributed by atoms with Crippen LogP contribution in [0.1, 0.15) is 6.42 Å². The highest BCUT2D eigenvalue weighted by Crippen LogP contribution is 2.27. The Morgan fingerprint density at radius 1 is 1.56 bits per heavy atom. The summed E-state index contributed by atoms with van der Waals surface area (Å²) in [6.45, 7) is 4.28. The van der Waals surface area contributed by atoms with Crippen molar-refractivity contribution in [1.82, 2.24) is 0 Å². The summed E-state index contributed by atoms with van der Waals surface area (Å²) < 4.78 is 13.9. The standard InChI is InChI=1S/C12H11FINO/c1-2-8-5-12(16)15(7-8)9-3-4-11(14)10(13)6-9/h2-4,6,8H,1,5,7H2. The van der Waals surface area contributed by atoms with Crippen molar-refractivity contribution in [2.45, 2.75) is 6.42 Å². The molecular weight excluding hydrogens is 320 g/mol. The number of carbonyl (C=O) groups is 1. The molecule has 1 unspecified atom stereocenters. The normalized spacial score (nSPS) is 20.2. The van der Waals surface area contributed by atoms with Gasteiger partial charge in [0.15, 0.2) is 0 Å². The molecule has 0 aliphatic carbocycles. The number of halogens is 2. The van der Waals surface area contributed by atoms with Crippen LogP contribution in [0.25, 0.3) is 0 Å². The van der Waals surface area contributed by atoms with Gasteiger partial charge in [0, 0.05) is 28.1 Å². The molecule has 0 saturated carbocycles. The minimum Gasteiger partial charge on any atom is -0.312 e. The summed E-state index contributed by atoms with van der Waals surface area (Å²) in [5.74, 6) is -0.0756. The van der Waals surface area contributed by atoms with E-state index in [2.05, 4.69) is 6.58 Å². The van der Waals surface area contributed by atoms with Crippen LogP contribution in [0.3, 0.4) is 0 Å². The lowest BCUT2D eigenvalue weighted by molar-refractivity contribution is -0.117. The molecule has 2 nitrogen and oxygen atoms in total. The molecule has 0 bridgehead atoms. The summed E-state index contributed by atoms with van der Waals surface area (Å²) in [6, 6.07) is 4.86. The van der Waals surface area contributed by atoms with Crippen molar-refractivity contribution in [3.8, 4) is 0 Å². The molecule has 0 N–H and O–H groups in total. The van der Waals surface area contributed by atoms with E-state index < -0.39 is 0 Å². The SMILES string of the molecule is C=CC1CC(=O)N(c2ccc(I)c(F)c2)C1. The molecule has 0 aromatic heterocycles. The molecule has 1 heterocycles. The van der Waals surface area contributed by atoms with Crippen LogP contribution >= 0.6 is 22.6 Å². The van der Waals surface area contributed by atoms with Gasteiger partial charge in [-0.05, 0) is 40.8 Å². The molecule has 4 heteroatoms. The van der Waals surface area contributed by atoms with Crippen LogP contribution in [-0.2, 0) is 4.79 Å². The molecule has 16 heavy (non-hydrogen) atoms. The first-order valence-corrected chi connectivity index (χ1v) is 6.07. The maximum Gasteiger partial charge on any atom is 0.227 e. The first-order valence-electron chi connectivity index (χ1n) is 5.00. The number of hydrogen-bond acceptors (Lipinski definition) is 1. The molecule has 1 aliphatic heterocycles. The van der Waals surface area contributed by atoms with E-state index >= 15 is 0 Å². The van der Waals surface area contributed by atoms with Gasteiger partial charge >= 0.3 is 0 Å².